The number of carbonyl (C=O) groups excluding carboxylic acids is 1. The number of para-hydroxylation sites is 1. The van der Waals surface area contributed by atoms with Crippen molar-refractivity contribution in [3.05, 3.63) is 53.6 Å². The van der Waals surface area contributed by atoms with Crippen LogP contribution < -0.4 is 24.4 Å². The summed E-state index contributed by atoms with van der Waals surface area (Å²) in [6.45, 7) is 0. The lowest BCUT2D eigenvalue weighted by Crippen LogP contribution is -2.17. The number of hydrazone groups is 1. The topological polar surface area (TPSA) is 78.4 Å². The second kappa shape index (κ2) is 9.86. The molecule has 0 aromatic heterocycles. The number of rotatable bonds is 8. The van der Waals surface area contributed by atoms with E-state index in [4.69, 9.17) is 18.9 Å². The third-order valence-electron chi connectivity index (χ3n) is 3.67. The van der Waals surface area contributed by atoms with E-state index in [2.05, 4.69) is 10.5 Å². The van der Waals surface area contributed by atoms with Crippen molar-refractivity contribution >= 4 is 18.2 Å². The number of ether oxygens (including phenoxy) is 4. The van der Waals surface area contributed by atoms with Gasteiger partial charge in [-0.05, 0) is 30.4 Å². The summed E-state index contributed by atoms with van der Waals surface area (Å²) in [5.74, 6) is 1.55. The van der Waals surface area contributed by atoms with E-state index in [0.717, 1.165) is 11.3 Å². The number of nitrogens with zero attached hydrogens (tertiary/aromatic N) is 1. The van der Waals surface area contributed by atoms with Crippen LogP contribution in [0.5, 0.6) is 23.0 Å². The molecular weight excluding hydrogens is 348 g/mol. The first-order valence-electron chi connectivity index (χ1n) is 8.07. The van der Waals surface area contributed by atoms with E-state index < -0.39 is 5.91 Å². The molecule has 0 aliphatic rings. The molecular formula is C20H22N2O5. The summed E-state index contributed by atoms with van der Waals surface area (Å²) in [5, 5.41) is 3.91. The third-order valence-corrected chi connectivity index (χ3v) is 3.67. The molecule has 1 amide bonds. The largest absolute Gasteiger partial charge is 0.496 e. The van der Waals surface area contributed by atoms with Gasteiger partial charge in [-0.25, -0.2) is 5.43 Å². The van der Waals surface area contributed by atoms with Crippen LogP contribution in [-0.4, -0.2) is 40.6 Å². The fraction of sp³-hybridized carbons (Fsp3) is 0.200. The molecule has 0 saturated carbocycles. The molecule has 0 bridgehead atoms. The zero-order valence-corrected chi connectivity index (χ0v) is 15.7. The molecule has 0 spiro atoms. The Morgan fingerprint density at radius 3 is 2.15 bits per heavy atom. The molecule has 2 rings (SSSR count). The number of hydrogen-bond acceptors (Lipinski definition) is 6. The molecule has 7 nitrogen and oxygen atoms in total. The molecule has 0 aliphatic heterocycles. The minimum absolute atomic E-state index is 0.329. The van der Waals surface area contributed by atoms with Crippen LogP contribution >= 0.6 is 0 Å². The molecule has 0 saturated heterocycles. The summed E-state index contributed by atoms with van der Waals surface area (Å²) in [7, 11) is 6.08. The van der Waals surface area contributed by atoms with E-state index >= 15 is 0 Å². The van der Waals surface area contributed by atoms with Gasteiger partial charge in [0.25, 0.3) is 5.91 Å². The van der Waals surface area contributed by atoms with Gasteiger partial charge in [-0.1, -0.05) is 18.2 Å². The minimum Gasteiger partial charge on any atom is -0.496 e. The van der Waals surface area contributed by atoms with Gasteiger partial charge in [-0.2, -0.15) is 5.10 Å². The van der Waals surface area contributed by atoms with Crippen LogP contribution in [0.4, 0.5) is 0 Å². The van der Waals surface area contributed by atoms with Crippen molar-refractivity contribution < 1.29 is 23.7 Å². The number of allylic oxidation sites excluding steroid dienone is 1. The maximum atomic E-state index is 12.3. The Morgan fingerprint density at radius 1 is 0.926 bits per heavy atom. The maximum Gasteiger partial charge on any atom is 0.271 e. The lowest BCUT2D eigenvalue weighted by molar-refractivity contribution is 0.0954. The van der Waals surface area contributed by atoms with E-state index in [0.29, 0.717) is 22.8 Å². The predicted octanol–water partition coefficient (Wildman–Crippen LogP) is 3.15. The molecule has 7 heteroatoms. The van der Waals surface area contributed by atoms with Crippen LogP contribution in [0, 0.1) is 0 Å². The molecule has 2 aromatic rings. The fourth-order valence-corrected chi connectivity index (χ4v) is 2.37. The first-order valence-corrected chi connectivity index (χ1v) is 8.07. The SMILES string of the molecule is COc1ccccc1/C=C/C=N\NC(=O)c1cc(OC)c(OC)c(OC)c1. The van der Waals surface area contributed by atoms with Gasteiger partial charge in [0.15, 0.2) is 11.5 Å². The number of amides is 1. The van der Waals surface area contributed by atoms with Crippen LogP contribution in [0.15, 0.2) is 47.6 Å². The van der Waals surface area contributed by atoms with Gasteiger partial charge in [-0.15, -0.1) is 0 Å². The number of benzene rings is 2. The highest BCUT2D eigenvalue weighted by atomic mass is 16.5. The Labute approximate surface area is 158 Å². The minimum atomic E-state index is -0.406. The highest BCUT2D eigenvalue weighted by Gasteiger charge is 2.16. The van der Waals surface area contributed by atoms with Gasteiger partial charge in [-0.3, -0.25) is 4.79 Å². The Bertz CT molecular complexity index is 821. The molecule has 0 unspecified atom stereocenters. The van der Waals surface area contributed by atoms with Gasteiger partial charge in [0.05, 0.1) is 28.4 Å². The Hall–Kier alpha value is -3.48. The van der Waals surface area contributed by atoms with Crippen molar-refractivity contribution in [2.45, 2.75) is 0 Å². The van der Waals surface area contributed by atoms with E-state index in [-0.39, 0.29) is 0 Å². The molecule has 2 aromatic carbocycles. The van der Waals surface area contributed by atoms with E-state index in [1.54, 1.807) is 25.3 Å². The Kier molecular flexibility index (Phi) is 7.25. The smallest absolute Gasteiger partial charge is 0.271 e. The van der Waals surface area contributed by atoms with E-state index in [1.165, 1.54) is 27.5 Å². The fourth-order valence-electron chi connectivity index (χ4n) is 2.37. The molecule has 27 heavy (non-hydrogen) atoms. The van der Waals surface area contributed by atoms with E-state index in [9.17, 15) is 4.79 Å². The molecule has 1 N–H and O–H groups in total. The zero-order valence-electron chi connectivity index (χ0n) is 15.7. The Balaban J connectivity index is 2.07. The van der Waals surface area contributed by atoms with Gasteiger partial charge < -0.3 is 18.9 Å². The molecule has 0 aliphatic carbocycles. The molecule has 142 valence electrons. The Morgan fingerprint density at radius 2 is 1.56 bits per heavy atom. The lowest BCUT2D eigenvalue weighted by atomic mass is 10.1. The number of methoxy groups -OCH3 is 4. The predicted molar refractivity (Wildman–Crippen MR) is 104 cm³/mol. The third kappa shape index (κ3) is 5.01. The van der Waals surface area contributed by atoms with Crippen molar-refractivity contribution in [1.29, 1.82) is 0 Å². The zero-order chi connectivity index (χ0) is 19.6. The van der Waals surface area contributed by atoms with E-state index in [1.807, 2.05) is 30.3 Å². The van der Waals surface area contributed by atoms with Gasteiger partial charge >= 0.3 is 0 Å². The summed E-state index contributed by atoms with van der Waals surface area (Å²) in [6.07, 6.45) is 5.00. The summed E-state index contributed by atoms with van der Waals surface area (Å²) in [4.78, 5) is 12.3. The van der Waals surface area contributed by atoms with Crippen molar-refractivity contribution in [2.75, 3.05) is 28.4 Å². The second-order valence-electron chi connectivity index (χ2n) is 5.23. The van der Waals surface area contributed by atoms with Gasteiger partial charge in [0, 0.05) is 17.3 Å². The normalized spacial score (nSPS) is 10.8. The first-order chi connectivity index (χ1) is 13.1. The van der Waals surface area contributed by atoms with Crippen LogP contribution in [0.1, 0.15) is 15.9 Å². The second-order valence-corrected chi connectivity index (χ2v) is 5.23. The quantitative estimate of drug-likeness (QED) is 0.570. The number of hydrogen-bond donors (Lipinski definition) is 1. The van der Waals surface area contributed by atoms with Gasteiger partial charge in [0.2, 0.25) is 5.75 Å². The molecule has 0 radical (unpaired) electrons. The number of nitrogens with one attached hydrogen (secondary N) is 1. The van der Waals surface area contributed by atoms with Crippen molar-refractivity contribution in [1.82, 2.24) is 5.43 Å². The maximum absolute atomic E-state index is 12.3. The lowest BCUT2D eigenvalue weighted by Gasteiger charge is -2.13. The summed E-state index contributed by atoms with van der Waals surface area (Å²) < 4.78 is 21.0. The highest BCUT2D eigenvalue weighted by molar-refractivity contribution is 5.96. The summed E-state index contributed by atoms with van der Waals surface area (Å²) in [5.41, 5.74) is 3.68. The van der Waals surface area contributed by atoms with Gasteiger partial charge in [0.1, 0.15) is 5.75 Å². The van der Waals surface area contributed by atoms with Crippen LogP contribution in [0.25, 0.3) is 6.08 Å². The van der Waals surface area contributed by atoms with Crippen LogP contribution in [0.3, 0.4) is 0 Å². The average molecular weight is 370 g/mol. The number of carbonyl (C=O) groups is 1. The van der Waals surface area contributed by atoms with Crippen LogP contribution in [-0.2, 0) is 0 Å². The molecule has 0 heterocycles. The first kappa shape index (κ1) is 19.8. The van der Waals surface area contributed by atoms with Crippen molar-refractivity contribution in [3.63, 3.8) is 0 Å². The summed E-state index contributed by atoms with van der Waals surface area (Å²) in [6, 6.07) is 10.7. The van der Waals surface area contributed by atoms with Crippen molar-refractivity contribution in [2.24, 2.45) is 5.10 Å². The van der Waals surface area contributed by atoms with Crippen molar-refractivity contribution in [3.8, 4) is 23.0 Å². The highest BCUT2D eigenvalue weighted by Crippen LogP contribution is 2.38. The van der Waals surface area contributed by atoms with Crippen LogP contribution in [0.2, 0.25) is 0 Å². The molecule has 0 fully saturated rings. The molecule has 0 atom stereocenters. The monoisotopic (exact) mass is 370 g/mol. The average Bonchev–Trinajstić information content (AvgIpc) is 2.72. The summed E-state index contributed by atoms with van der Waals surface area (Å²) >= 11 is 0. The standard InChI is InChI=1S/C20H22N2O5/c1-24-16-10-6-5-8-14(16)9-7-11-21-22-20(23)15-12-17(25-2)19(27-4)18(13-15)26-3/h5-13H,1-4H3,(H,22,23)/b9-7+,21-11-.